The summed E-state index contributed by atoms with van der Waals surface area (Å²) in [5.74, 6) is 0.455. The van der Waals surface area contributed by atoms with Gasteiger partial charge in [0, 0.05) is 6.54 Å². The largest absolute Gasteiger partial charge is 0.487 e. The Bertz CT molecular complexity index is 935. The van der Waals surface area contributed by atoms with Gasteiger partial charge in [0.05, 0.1) is 6.54 Å². The highest BCUT2D eigenvalue weighted by atomic mass is 19.1. The Kier molecular flexibility index (Phi) is 6.01. The molecule has 0 amide bonds. The topological polar surface area (TPSA) is 59.0 Å². The summed E-state index contributed by atoms with van der Waals surface area (Å²) < 4.78 is 38.2. The molecule has 30 heavy (non-hydrogen) atoms. The molecule has 0 radical (unpaired) electrons. The summed E-state index contributed by atoms with van der Waals surface area (Å²) >= 11 is 0. The third-order valence-electron chi connectivity index (χ3n) is 5.68. The zero-order valence-electron chi connectivity index (χ0n) is 16.8. The van der Waals surface area contributed by atoms with Crippen molar-refractivity contribution in [3.63, 3.8) is 0 Å². The number of carbonyl (C=O) groups is 1. The minimum atomic E-state index is -0.781. The molecule has 0 unspecified atom stereocenters. The molecule has 0 fully saturated rings. The molecular weight excluding hydrogens is 392 g/mol. The van der Waals surface area contributed by atoms with Gasteiger partial charge in [-0.15, -0.1) is 0 Å². The van der Waals surface area contributed by atoms with Crippen molar-refractivity contribution in [2.24, 2.45) is 0 Å². The van der Waals surface area contributed by atoms with E-state index in [-0.39, 0.29) is 30.5 Å². The SMILES string of the molecule is CN(CC(=O)[C@@H]1CCc2cc(F)ccc2O1)C[C@H](O)[C@H]1CCc2cc(F)ccc2O1. The molecule has 0 bridgehead atoms. The minimum Gasteiger partial charge on any atom is -0.487 e. The second kappa shape index (κ2) is 8.70. The van der Waals surface area contributed by atoms with E-state index >= 15 is 0 Å². The molecule has 2 aromatic rings. The molecule has 2 aromatic carbocycles. The number of nitrogens with zero attached hydrogens (tertiary/aromatic N) is 1. The van der Waals surface area contributed by atoms with Crippen molar-refractivity contribution in [2.45, 2.75) is 44.0 Å². The number of ether oxygens (including phenoxy) is 2. The van der Waals surface area contributed by atoms with Crippen LogP contribution in [0.1, 0.15) is 24.0 Å². The summed E-state index contributed by atoms with van der Waals surface area (Å²) in [5.41, 5.74) is 1.58. The second-order valence-electron chi connectivity index (χ2n) is 8.07. The number of ketones is 1. The molecule has 5 nitrogen and oxygen atoms in total. The van der Waals surface area contributed by atoms with Gasteiger partial charge in [0.1, 0.15) is 35.3 Å². The molecule has 3 atom stereocenters. The van der Waals surface area contributed by atoms with Gasteiger partial charge in [-0.2, -0.15) is 0 Å². The Morgan fingerprint density at radius 2 is 1.67 bits per heavy atom. The Hall–Kier alpha value is -2.51. The molecule has 4 rings (SSSR count). The second-order valence-corrected chi connectivity index (χ2v) is 8.07. The van der Waals surface area contributed by atoms with Gasteiger partial charge in [-0.3, -0.25) is 9.69 Å². The van der Waals surface area contributed by atoms with Crippen molar-refractivity contribution in [1.29, 1.82) is 0 Å². The van der Waals surface area contributed by atoms with Crippen LogP contribution in [0.3, 0.4) is 0 Å². The first kappa shape index (κ1) is 20.8. The number of likely N-dealkylation sites (N-methyl/N-ethyl adjacent to an activating group) is 1. The van der Waals surface area contributed by atoms with E-state index in [0.29, 0.717) is 37.2 Å². The van der Waals surface area contributed by atoms with E-state index in [9.17, 15) is 18.7 Å². The smallest absolute Gasteiger partial charge is 0.187 e. The molecule has 2 aliphatic rings. The predicted octanol–water partition coefficient (Wildman–Crippen LogP) is 2.91. The summed E-state index contributed by atoms with van der Waals surface area (Å²) in [7, 11) is 1.76. The lowest BCUT2D eigenvalue weighted by molar-refractivity contribution is -0.127. The quantitative estimate of drug-likeness (QED) is 0.783. The molecule has 7 heteroatoms. The number of hydrogen-bond donors (Lipinski definition) is 1. The molecule has 1 N–H and O–H groups in total. The van der Waals surface area contributed by atoms with Crippen molar-refractivity contribution in [1.82, 2.24) is 4.90 Å². The maximum Gasteiger partial charge on any atom is 0.187 e. The Morgan fingerprint density at radius 3 is 2.33 bits per heavy atom. The summed E-state index contributed by atoms with van der Waals surface area (Å²) in [5, 5.41) is 10.6. The van der Waals surface area contributed by atoms with Crippen molar-refractivity contribution >= 4 is 5.78 Å². The maximum absolute atomic E-state index is 13.3. The van der Waals surface area contributed by atoms with Crippen LogP contribution in [-0.4, -0.2) is 54.2 Å². The highest BCUT2D eigenvalue weighted by Crippen LogP contribution is 2.30. The zero-order chi connectivity index (χ0) is 21.3. The van der Waals surface area contributed by atoms with E-state index in [1.54, 1.807) is 24.1 Å². The van der Waals surface area contributed by atoms with E-state index in [1.807, 2.05) is 0 Å². The van der Waals surface area contributed by atoms with Gasteiger partial charge in [0.15, 0.2) is 11.9 Å². The highest BCUT2D eigenvalue weighted by Gasteiger charge is 2.30. The number of rotatable bonds is 6. The average Bonchev–Trinajstić information content (AvgIpc) is 2.72. The fraction of sp³-hybridized carbons (Fsp3) is 0.435. The van der Waals surface area contributed by atoms with Gasteiger partial charge in [-0.05, 0) is 80.3 Å². The number of hydrogen-bond acceptors (Lipinski definition) is 5. The Labute approximate surface area is 174 Å². The molecule has 0 saturated carbocycles. The first-order valence-electron chi connectivity index (χ1n) is 10.2. The van der Waals surface area contributed by atoms with Gasteiger partial charge < -0.3 is 14.6 Å². The van der Waals surface area contributed by atoms with Crippen molar-refractivity contribution in [2.75, 3.05) is 20.1 Å². The van der Waals surface area contributed by atoms with E-state index in [4.69, 9.17) is 9.47 Å². The number of fused-ring (bicyclic) bond motifs is 2. The van der Waals surface area contributed by atoms with Crippen LogP contribution in [0.25, 0.3) is 0 Å². The van der Waals surface area contributed by atoms with Crippen LogP contribution in [-0.2, 0) is 17.6 Å². The molecule has 160 valence electrons. The number of aryl methyl sites for hydroxylation is 2. The van der Waals surface area contributed by atoms with Crippen LogP contribution in [0, 0.1) is 11.6 Å². The predicted molar refractivity (Wildman–Crippen MR) is 107 cm³/mol. The van der Waals surface area contributed by atoms with Crippen LogP contribution >= 0.6 is 0 Å². The Morgan fingerprint density at radius 1 is 1.07 bits per heavy atom. The monoisotopic (exact) mass is 417 g/mol. The normalized spacial score (nSPS) is 21.2. The molecule has 0 spiro atoms. The van der Waals surface area contributed by atoms with Crippen LogP contribution < -0.4 is 9.47 Å². The lowest BCUT2D eigenvalue weighted by Crippen LogP contribution is -2.45. The van der Waals surface area contributed by atoms with E-state index in [0.717, 1.165) is 11.1 Å². The van der Waals surface area contributed by atoms with Crippen molar-refractivity contribution in [3.8, 4) is 11.5 Å². The molecule has 0 aliphatic carbocycles. The Balaban J connectivity index is 1.29. The number of aliphatic hydroxyl groups is 1. The summed E-state index contributed by atoms with van der Waals surface area (Å²) in [6.45, 7) is 0.397. The number of benzene rings is 2. The molecular formula is C23H25F2NO4. The summed E-state index contributed by atoms with van der Waals surface area (Å²) in [6.07, 6.45) is 0.544. The van der Waals surface area contributed by atoms with E-state index in [1.165, 1.54) is 24.3 Å². The summed E-state index contributed by atoms with van der Waals surface area (Å²) in [4.78, 5) is 14.4. The van der Waals surface area contributed by atoms with Crippen LogP contribution in [0.2, 0.25) is 0 Å². The third kappa shape index (κ3) is 4.63. The summed E-state index contributed by atoms with van der Waals surface area (Å²) in [6, 6.07) is 8.71. The number of aliphatic hydroxyl groups excluding tert-OH is 1. The number of Topliss-reactive ketones (excluding diaryl/α,β-unsaturated/α-hetero) is 1. The molecule has 0 saturated heterocycles. The third-order valence-corrected chi connectivity index (χ3v) is 5.68. The molecule has 0 aromatic heterocycles. The van der Waals surface area contributed by atoms with E-state index in [2.05, 4.69) is 0 Å². The van der Waals surface area contributed by atoms with E-state index < -0.39 is 18.3 Å². The van der Waals surface area contributed by atoms with Gasteiger partial charge in [0.25, 0.3) is 0 Å². The van der Waals surface area contributed by atoms with Gasteiger partial charge in [-0.25, -0.2) is 8.78 Å². The van der Waals surface area contributed by atoms with Crippen LogP contribution in [0.15, 0.2) is 36.4 Å². The lowest BCUT2D eigenvalue weighted by atomic mass is 9.98. The fourth-order valence-corrected chi connectivity index (χ4v) is 4.10. The first-order chi connectivity index (χ1) is 14.4. The van der Waals surface area contributed by atoms with Gasteiger partial charge in [0.2, 0.25) is 0 Å². The minimum absolute atomic E-state index is 0.0786. The molecule has 2 aliphatic heterocycles. The lowest BCUT2D eigenvalue weighted by Gasteiger charge is -2.32. The van der Waals surface area contributed by atoms with Crippen LogP contribution in [0.4, 0.5) is 8.78 Å². The standard InChI is InChI=1S/C23H25F2NO4/c1-26(12-18(27)22-6-2-14-10-16(24)4-8-20(14)29-22)13-19(28)23-7-3-15-11-17(25)5-9-21(15)30-23/h4-5,8-11,18,22-23,27H,2-3,6-7,12-13H2,1H3/t18-,22+,23-/m0/s1. The average molecular weight is 417 g/mol. The zero-order valence-corrected chi connectivity index (χ0v) is 16.8. The number of halogens is 2. The molecule has 2 heterocycles. The van der Waals surface area contributed by atoms with Gasteiger partial charge >= 0.3 is 0 Å². The van der Waals surface area contributed by atoms with Crippen LogP contribution in [0.5, 0.6) is 11.5 Å². The fourth-order valence-electron chi connectivity index (χ4n) is 4.10. The maximum atomic E-state index is 13.3. The van der Waals surface area contributed by atoms with Crippen molar-refractivity contribution in [3.05, 3.63) is 59.2 Å². The highest BCUT2D eigenvalue weighted by molar-refractivity contribution is 5.85. The first-order valence-corrected chi connectivity index (χ1v) is 10.2. The van der Waals surface area contributed by atoms with Gasteiger partial charge in [-0.1, -0.05) is 0 Å². The number of carbonyl (C=O) groups excluding carboxylic acids is 1. The van der Waals surface area contributed by atoms with Crippen molar-refractivity contribution < 1.29 is 28.2 Å².